The van der Waals surface area contributed by atoms with Crippen LogP contribution in [0, 0.1) is 0 Å². The summed E-state index contributed by atoms with van der Waals surface area (Å²) in [5.74, 6) is -2.25. The molecular weight excluding hydrogens is 294 g/mol. The molecule has 2 aliphatic rings. The molecule has 0 spiro atoms. The lowest BCUT2D eigenvalue weighted by molar-refractivity contribution is -0.151. The number of hydrogen-bond acceptors (Lipinski definition) is 6. The van der Waals surface area contributed by atoms with E-state index in [1.54, 1.807) is 0 Å². The van der Waals surface area contributed by atoms with Crippen LogP contribution in [0.5, 0.6) is 0 Å². The van der Waals surface area contributed by atoms with Crippen LogP contribution in [-0.4, -0.2) is 86.3 Å². The van der Waals surface area contributed by atoms with Crippen LogP contribution in [-0.2, 0) is 14.4 Å². The molecule has 5 N–H and O–H groups in total. The van der Waals surface area contributed by atoms with Crippen LogP contribution < -0.4 is 5.73 Å². The maximum absolute atomic E-state index is 12.6. The summed E-state index contributed by atoms with van der Waals surface area (Å²) in [6.07, 6.45) is -1.77. The van der Waals surface area contributed by atoms with E-state index < -0.39 is 48.1 Å². The zero-order valence-corrected chi connectivity index (χ0v) is 12.3. The maximum Gasteiger partial charge on any atom is 0.326 e. The summed E-state index contributed by atoms with van der Waals surface area (Å²) < 4.78 is 0. The van der Waals surface area contributed by atoms with Crippen molar-refractivity contribution in [2.75, 3.05) is 13.1 Å². The molecule has 0 aromatic rings. The average molecular weight is 315 g/mol. The molecule has 9 heteroatoms. The lowest BCUT2D eigenvalue weighted by Gasteiger charge is -2.30. The van der Waals surface area contributed by atoms with Gasteiger partial charge in [-0.2, -0.15) is 0 Å². The zero-order chi connectivity index (χ0) is 16.6. The van der Waals surface area contributed by atoms with Crippen molar-refractivity contribution in [2.45, 2.75) is 50.1 Å². The quantitative estimate of drug-likeness (QED) is 0.445. The van der Waals surface area contributed by atoms with Crippen molar-refractivity contribution in [1.82, 2.24) is 9.80 Å². The normalized spacial score (nSPS) is 33.1. The molecule has 0 bridgehead atoms. The molecule has 22 heavy (non-hydrogen) atoms. The fraction of sp³-hybridized carbons (Fsp3) is 0.769. The van der Waals surface area contributed by atoms with Crippen molar-refractivity contribution in [3.05, 3.63) is 0 Å². The summed E-state index contributed by atoms with van der Waals surface area (Å²) in [6, 6.07) is -2.88. The lowest BCUT2D eigenvalue weighted by Crippen LogP contribution is -2.53. The Bertz CT molecular complexity index is 482. The van der Waals surface area contributed by atoms with Gasteiger partial charge in [0.05, 0.1) is 18.2 Å². The molecule has 0 radical (unpaired) electrons. The topological polar surface area (TPSA) is 144 Å². The molecule has 0 aliphatic carbocycles. The van der Waals surface area contributed by atoms with Crippen LogP contribution in [0.15, 0.2) is 0 Å². The van der Waals surface area contributed by atoms with Gasteiger partial charge in [-0.05, 0) is 6.92 Å². The number of aliphatic carboxylic acids is 1. The number of carboxylic acid groups (broad SMARTS) is 1. The number of β-amino-alcohol motifs (C(OH)–C–C–N with tert-alkyl or cyclic N) is 2. The molecule has 2 amide bonds. The standard InChI is InChI=1S/C13H21N3O6/c1-6(14)11(19)15-4-7(17)2-9(15)12(20)16-5-8(18)3-10(16)13(21)22/h6-10,17-18H,2-5,14H2,1H3,(H,21,22)/t6-,7+,8+,9-,10-/m0/s1. The Morgan fingerprint density at radius 2 is 1.55 bits per heavy atom. The maximum atomic E-state index is 12.6. The molecule has 5 atom stereocenters. The van der Waals surface area contributed by atoms with Crippen molar-refractivity contribution in [2.24, 2.45) is 5.73 Å². The number of likely N-dealkylation sites (tertiary alicyclic amines) is 2. The van der Waals surface area contributed by atoms with E-state index in [9.17, 15) is 24.6 Å². The summed E-state index contributed by atoms with van der Waals surface area (Å²) in [6.45, 7) is 1.38. The number of aliphatic hydroxyl groups is 2. The molecule has 0 aromatic heterocycles. The highest BCUT2D eigenvalue weighted by molar-refractivity contribution is 5.92. The van der Waals surface area contributed by atoms with Gasteiger partial charge in [-0.15, -0.1) is 0 Å². The Morgan fingerprint density at radius 3 is 2.05 bits per heavy atom. The molecule has 0 aromatic carbocycles. The first kappa shape index (κ1) is 16.7. The first-order chi connectivity index (χ1) is 10.2. The van der Waals surface area contributed by atoms with Crippen LogP contribution in [0.1, 0.15) is 19.8 Å². The second kappa shape index (κ2) is 6.19. The Balaban J connectivity index is 2.19. The van der Waals surface area contributed by atoms with Gasteiger partial charge in [0.25, 0.3) is 0 Å². The fourth-order valence-corrected chi connectivity index (χ4v) is 3.04. The molecular formula is C13H21N3O6. The third-order valence-electron chi connectivity index (χ3n) is 4.08. The minimum absolute atomic E-state index is 0.00902. The van der Waals surface area contributed by atoms with E-state index in [4.69, 9.17) is 10.8 Å². The van der Waals surface area contributed by atoms with E-state index in [1.807, 2.05) is 0 Å². The highest BCUT2D eigenvalue weighted by atomic mass is 16.4. The van der Waals surface area contributed by atoms with Gasteiger partial charge in [0, 0.05) is 25.9 Å². The first-order valence-corrected chi connectivity index (χ1v) is 7.17. The van der Waals surface area contributed by atoms with Crippen LogP contribution in [0.25, 0.3) is 0 Å². The summed E-state index contributed by atoms with van der Waals surface area (Å²) in [4.78, 5) is 38.1. The number of nitrogens with two attached hydrogens (primary N) is 1. The molecule has 2 aliphatic heterocycles. The second-order valence-electron chi connectivity index (χ2n) is 5.92. The Kier molecular flexibility index (Phi) is 4.69. The zero-order valence-electron chi connectivity index (χ0n) is 12.3. The molecule has 2 saturated heterocycles. The highest BCUT2D eigenvalue weighted by Gasteiger charge is 2.46. The number of carbonyl (C=O) groups excluding carboxylic acids is 2. The summed E-state index contributed by atoms with van der Waals surface area (Å²) in [5, 5.41) is 28.5. The van der Waals surface area contributed by atoms with Gasteiger partial charge in [0.1, 0.15) is 12.1 Å². The van der Waals surface area contributed by atoms with Crippen LogP contribution in [0.4, 0.5) is 0 Å². The van der Waals surface area contributed by atoms with E-state index in [-0.39, 0.29) is 25.9 Å². The number of carbonyl (C=O) groups is 3. The van der Waals surface area contributed by atoms with Crippen molar-refractivity contribution in [3.8, 4) is 0 Å². The molecule has 2 fully saturated rings. The van der Waals surface area contributed by atoms with Gasteiger partial charge in [0.15, 0.2) is 0 Å². The predicted molar refractivity (Wildman–Crippen MR) is 73.5 cm³/mol. The molecule has 2 rings (SSSR count). The molecule has 0 unspecified atom stereocenters. The van der Waals surface area contributed by atoms with Crippen LogP contribution >= 0.6 is 0 Å². The number of aliphatic hydroxyl groups excluding tert-OH is 2. The average Bonchev–Trinajstić information content (AvgIpc) is 3.00. The van der Waals surface area contributed by atoms with Crippen molar-refractivity contribution in [3.63, 3.8) is 0 Å². The number of amides is 2. The molecule has 0 saturated carbocycles. The lowest BCUT2D eigenvalue weighted by atomic mass is 10.1. The van der Waals surface area contributed by atoms with Gasteiger partial charge in [-0.25, -0.2) is 4.79 Å². The monoisotopic (exact) mass is 315 g/mol. The van der Waals surface area contributed by atoms with Crippen LogP contribution in [0.3, 0.4) is 0 Å². The molecule has 9 nitrogen and oxygen atoms in total. The van der Waals surface area contributed by atoms with E-state index >= 15 is 0 Å². The van der Waals surface area contributed by atoms with Gasteiger partial charge < -0.3 is 30.9 Å². The number of carboxylic acids is 1. The van der Waals surface area contributed by atoms with Gasteiger partial charge in [-0.3, -0.25) is 9.59 Å². The predicted octanol–water partition coefficient (Wildman–Crippen LogP) is -2.66. The summed E-state index contributed by atoms with van der Waals surface area (Å²) >= 11 is 0. The minimum Gasteiger partial charge on any atom is -0.480 e. The fourth-order valence-electron chi connectivity index (χ4n) is 3.04. The highest BCUT2D eigenvalue weighted by Crippen LogP contribution is 2.25. The smallest absolute Gasteiger partial charge is 0.326 e. The summed E-state index contributed by atoms with van der Waals surface area (Å²) in [5.41, 5.74) is 5.54. The van der Waals surface area contributed by atoms with Crippen molar-refractivity contribution in [1.29, 1.82) is 0 Å². The third-order valence-corrected chi connectivity index (χ3v) is 4.08. The van der Waals surface area contributed by atoms with E-state index in [0.29, 0.717) is 0 Å². The van der Waals surface area contributed by atoms with Crippen LogP contribution in [0.2, 0.25) is 0 Å². The van der Waals surface area contributed by atoms with Gasteiger partial charge in [-0.1, -0.05) is 0 Å². The number of rotatable bonds is 3. The SMILES string of the molecule is C[C@H](N)C(=O)N1C[C@H](O)C[C@H]1C(=O)N1C[C@H](O)C[C@H]1C(=O)O. The second-order valence-corrected chi connectivity index (χ2v) is 5.92. The molecule has 2 heterocycles. The Labute approximate surface area is 127 Å². The third kappa shape index (κ3) is 3.06. The summed E-state index contributed by atoms with van der Waals surface area (Å²) in [7, 11) is 0. The number of hydrogen-bond donors (Lipinski definition) is 4. The minimum atomic E-state index is -1.20. The Hall–Kier alpha value is -1.71. The van der Waals surface area contributed by atoms with Gasteiger partial charge in [0.2, 0.25) is 11.8 Å². The Morgan fingerprint density at radius 1 is 1.05 bits per heavy atom. The van der Waals surface area contributed by atoms with Crippen molar-refractivity contribution >= 4 is 17.8 Å². The van der Waals surface area contributed by atoms with Gasteiger partial charge >= 0.3 is 5.97 Å². The van der Waals surface area contributed by atoms with Crippen molar-refractivity contribution < 1.29 is 29.7 Å². The molecule has 124 valence electrons. The van der Waals surface area contributed by atoms with E-state index in [0.717, 1.165) is 4.90 Å². The van der Waals surface area contributed by atoms with E-state index in [2.05, 4.69) is 0 Å². The first-order valence-electron chi connectivity index (χ1n) is 7.17. The van der Waals surface area contributed by atoms with E-state index in [1.165, 1.54) is 11.8 Å². The largest absolute Gasteiger partial charge is 0.480 e. The number of nitrogens with zero attached hydrogens (tertiary/aromatic N) is 2.